The van der Waals surface area contributed by atoms with Crippen LogP contribution in [0.2, 0.25) is 0 Å². The summed E-state index contributed by atoms with van der Waals surface area (Å²) >= 11 is 0. The standard InChI is InChI=1S/C12H17N3O3/c1-2-3-6-15(8-10(13)16)12(18)9-4-5-11(17)14-7-9/h4-5,7H,2-3,6,8H2,1H3,(H2,13,16)(H,14,17). The highest BCUT2D eigenvalue weighted by Crippen LogP contribution is 2.03. The zero-order chi connectivity index (χ0) is 13.5. The van der Waals surface area contributed by atoms with Crippen molar-refractivity contribution in [3.05, 3.63) is 34.2 Å². The number of unbranched alkanes of at least 4 members (excludes halogenated alkanes) is 1. The van der Waals surface area contributed by atoms with Crippen LogP contribution in [0.5, 0.6) is 0 Å². The number of primary amides is 1. The SMILES string of the molecule is CCCCN(CC(N)=O)C(=O)c1ccc(=O)[nH]c1. The highest BCUT2D eigenvalue weighted by Gasteiger charge is 2.17. The van der Waals surface area contributed by atoms with Crippen LogP contribution in [0.15, 0.2) is 23.1 Å². The van der Waals surface area contributed by atoms with Crippen LogP contribution in [-0.4, -0.2) is 34.8 Å². The molecule has 0 saturated carbocycles. The van der Waals surface area contributed by atoms with E-state index >= 15 is 0 Å². The zero-order valence-corrected chi connectivity index (χ0v) is 10.3. The van der Waals surface area contributed by atoms with E-state index in [1.807, 2.05) is 6.92 Å². The number of rotatable bonds is 6. The number of pyridine rings is 1. The third kappa shape index (κ3) is 4.04. The third-order valence-corrected chi connectivity index (χ3v) is 2.45. The molecule has 6 nitrogen and oxygen atoms in total. The van der Waals surface area contributed by atoms with Gasteiger partial charge in [-0.1, -0.05) is 13.3 Å². The number of hydrogen-bond donors (Lipinski definition) is 2. The molecule has 0 atom stereocenters. The minimum atomic E-state index is -0.552. The van der Waals surface area contributed by atoms with Gasteiger partial charge in [0, 0.05) is 18.8 Å². The van der Waals surface area contributed by atoms with Gasteiger partial charge in [-0.05, 0) is 12.5 Å². The lowest BCUT2D eigenvalue weighted by molar-refractivity contribution is -0.118. The molecule has 18 heavy (non-hydrogen) atoms. The second kappa shape index (κ2) is 6.58. The second-order valence-corrected chi connectivity index (χ2v) is 3.99. The quantitative estimate of drug-likeness (QED) is 0.750. The van der Waals surface area contributed by atoms with Crippen molar-refractivity contribution in [1.82, 2.24) is 9.88 Å². The van der Waals surface area contributed by atoms with Crippen LogP contribution in [0.1, 0.15) is 30.1 Å². The van der Waals surface area contributed by atoms with E-state index in [4.69, 9.17) is 5.73 Å². The van der Waals surface area contributed by atoms with Gasteiger partial charge in [-0.15, -0.1) is 0 Å². The van der Waals surface area contributed by atoms with Gasteiger partial charge in [0.1, 0.15) is 0 Å². The Bertz CT molecular complexity index is 461. The lowest BCUT2D eigenvalue weighted by Gasteiger charge is -2.20. The number of aromatic amines is 1. The number of carbonyl (C=O) groups excluding carboxylic acids is 2. The normalized spacial score (nSPS) is 10.1. The first-order chi connectivity index (χ1) is 8.54. The number of H-pyrrole nitrogens is 1. The maximum absolute atomic E-state index is 12.1. The maximum atomic E-state index is 12.1. The second-order valence-electron chi connectivity index (χ2n) is 3.99. The van der Waals surface area contributed by atoms with Crippen molar-refractivity contribution >= 4 is 11.8 Å². The molecule has 1 rings (SSSR count). The van der Waals surface area contributed by atoms with Gasteiger partial charge in [-0.3, -0.25) is 14.4 Å². The molecule has 1 aromatic rings. The molecule has 1 aromatic heterocycles. The minimum absolute atomic E-state index is 0.113. The summed E-state index contributed by atoms with van der Waals surface area (Å²) in [7, 11) is 0. The van der Waals surface area contributed by atoms with Crippen LogP contribution in [0, 0.1) is 0 Å². The molecule has 0 spiro atoms. The highest BCUT2D eigenvalue weighted by atomic mass is 16.2. The van der Waals surface area contributed by atoms with Gasteiger partial charge in [0.05, 0.1) is 12.1 Å². The summed E-state index contributed by atoms with van der Waals surface area (Å²) in [5.74, 6) is -0.859. The molecular weight excluding hydrogens is 234 g/mol. The van der Waals surface area contributed by atoms with Gasteiger partial charge in [0.2, 0.25) is 11.5 Å². The van der Waals surface area contributed by atoms with Crippen molar-refractivity contribution in [2.75, 3.05) is 13.1 Å². The number of amides is 2. The highest BCUT2D eigenvalue weighted by molar-refractivity contribution is 5.96. The van der Waals surface area contributed by atoms with Crippen molar-refractivity contribution < 1.29 is 9.59 Å². The fraction of sp³-hybridized carbons (Fsp3) is 0.417. The van der Waals surface area contributed by atoms with E-state index in [1.165, 1.54) is 23.2 Å². The summed E-state index contributed by atoms with van der Waals surface area (Å²) in [4.78, 5) is 37.8. The molecule has 2 amide bonds. The summed E-state index contributed by atoms with van der Waals surface area (Å²) in [5.41, 5.74) is 5.18. The molecular formula is C12H17N3O3. The van der Waals surface area contributed by atoms with Gasteiger partial charge in [0.25, 0.3) is 5.91 Å². The van der Waals surface area contributed by atoms with Crippen LogP contribution < -0.4 is 11.3 Å². The largest absolute Gasteiger partial charge is 0.368 e. The molecule has 0 saturated heterocycles. The molecule has 1 heterocycles. The van der Waals surface area contributed by atoms with Gasteiger partial charge in [-0.25, -0.2) is 0 Å². The van der Waals surface area contributed by atoms with E-state index in [-0.39, 0.29) is 18.0 Å². The molecule has 0 aromatic carbocycles. The van der Waals surface area contributed by atoms with Crippen molar-refractivity contribution in [2.24, 2.45) is 5.73 Å². The van der Waals surface area contributed by atoms with Crippen LogP contribution in [0.25, 0.3) is 0 Å². The van der Waals surface area contributed by atoms with Crippen molar-refractivity contribution in [3.63, 3.8) is 0 Å². The predicted molar refractivity (Wildman–Crippen MR) is 67.1 cm³/mol. The van der Waals surface area contributed by atoms with Crippen LogP contribution >= 0.6 is 0 Å². The molecule has 6 heteroatoms. The average Bonchev–Trinajstić information content (AvgIpc) is 2.34. The number of aromatic nitrogens is 1. The first-order valence-electron chi connectivity index (χ1n) is 5.81. The summed E-state index contributed by atoms with van der Waals surface area (Å²) < 4.78 is 0. The molecule has 3 N–H and O–H groups in total. The van der Waals surface area contributed by atoms with E-state index < -0.39 is 5.91 Å². The predicted octanol–water partition coefficient (Wildman–Crippen LogP) is 0.103. The lowest BCUT2D eigenvalue weighted by atomic mass is 10.2. The van der Waals surface area contributed by atoms with E-state index in [1.54, 1.807) is 0 Å². The third-order valence-electron chi connectivity index (χ3n) is 2.45. The molecule has 98 valence electrons. The number of carbonyl (C=O) groups is 2. The van der Waals surface area contributed by atoms with Gasteiger partial charge < -0.3 is 15.6 Å². The van der Waals surface area contributed by atoms with E-state index in [0.29, 0.717) is 12.1 Å². The topological polar surface area (TPSA) is 96.3 Å². The van der Waals surface area contributed by atoms with Crippen molar-refractivity contribution in [3.8, 4) is 0 Å². The Labute approximate surface area is 105 Å². The average molecular weight is 251 g/mol. The van der Waals surface area contributed by atoms with E-state index in [0.717, 1.165) is 12.8 Å². The summed E-state index contributed by atoms with van der Waals surface area (Å²) in [5, 5.41) is 0. The Balaban J connectivity index is 2.83. The Kier molecular flexibility index (Phi) is 5.10. The van der Waals surface area contributed by atoms with Crippen LogP contribution in [-0.2, 0) is 4.79 Å². The molecule has 0 unspecified atom stereocenters. The monoisotopic (exact) mass is 251 g/mol. The minimum Gasteiger partial charge on any atom is -0.368 e. The Morgan fingerprint density at radius 1 is 1.39 bits per heavy atom. The Morgan fingerprint density at radius 3 is 2.61 bits per heavy atom. The summed E-state index contributed by atoms with van der Waals surface area (Å²) in [6.45, 7) is 2.35. The summed E-state index contributed by atoms with van der Waals surface area (Å²) in [6.07, 6.45) is 3.04. The molecule has 0 aliphatic rings. The Hall–Kier alpha value is -2.11. The van der Waals surface area contributed by atoms with Gasteiger partial charge in [-0.2, -0.15) is 0 Å². The van der Waals surface area contributed by atoms with E-state index in [2.05, 4.69) is 4.98 Å². The maximum Gasteiger partial charge on any atom is 0.255 e. The van der Waals surface area contributed by atoms with E-state index in [9.17, 15) is 14.4 Å². The first kappa shape index (κ1) is 14.0. The molecule has 0 radical (unpaired) electrons. The smallest absolute Gasteiger partial charge is 0.255 e. The molecule has 0 aliphatic carbocycles. The molecule has 0 bridgehead atoms. The number of hydrogen-bond acceptors (Lipinski definition) is 3. The van der Waals surface area contributed by atoms with Crippen LogP contribution in [0.3, 0.4) is 0 Å². The number of nitrogens with one attached hydrogen (secondary N) is 1. The number of nitrogens with zero attached hydrogens (tertiary/aromatic N) is 1. The van der Waals surface area contributed by atoms with Crippen molar-refractivity contribution in [1.29, 1.82) is 0 Å². The molecule has 0 fully saturated rings. The van der Waals surface area contributed by atoms with Crippen LogP contribution in [0.4, 0.5) is 0 Å². The summed E-state index contributed by atoms with van der Waals surface area (Å²) in [6, 6.07) is 2.70. The zero-order valence-electron chi connectivity index (χ0n) is 10.3. The van der Waals surface area contributed by atoms with Crippen molar-refractivity contribution in [2.45, 2.75) is 19.8 Å². The van der Waals surface area contributed by atoms with Gasteiger partial charge in [0.15, 0.2) is 0 Å². The first-order valence-corrected chi connectivity index (χ1v) is 5.81. The fourth-order valence-electron chi connectivity index (χ4n) is 1.52. The Morgan fingerprint density at radius 2 is 2.11 bits per heavy atom. The van der Waals surface area contributed by atoms with Gasteiger partial charge >= 0.3 is 0 Å². The fourth-order valence-corrected chi connectivity index (χ4v) is 1.52. The lowest BCUT2D eigenvalue weighted by Crippen LogP contribution is -2.39. The number of nitrogens with two attached hydrogens (primary N) is 1. The molecule has 0 aliphatic heterocycles.